The van der Waals surface area contributed by atoms with Gasteiger partial charge in [0.05, 0.1) is 12.0 Å². The first kappa shape index (κ1) is 17.0. The van der Waals surface area contributed by atoms with E-state index in [1.807, 2.05) is 30.3 Å². The van der Waals surface area contributed by atoms with Crippen LogP contribution in [-0.2, 0) is 9.59 Å². The highest BCUT2D eigenvalue weighted by molar-refractivity contribution is 5.84. The van der Waals surface area contributed by atoms with Crippen molar-refractivity contribution in [1.82, 2.24) is 5.32 Å². The standard InChI is InChI=1S/C16H23NO4/c1-3-16(4-2,15(19)20)12-14(18)17-10-11-21-13-8-6-5-7-9-13/h5-9H,3-4,10-12H2,1-2H3,(H,17,18)(H,19,20). The van der Waals surface area contributed by atoms with Crippen LogP contribution < -0.4 is 10.1 Å². The average Bonchev–Trinajstić information content (AvgIpc) is 2.50. The maximum Gasteiger partial charge on any atom is 0.310 e. The van der Waals surface area contributed by atoms with Crippen molar-refractivity contribution >= 4 is 11.9 Å². The Kier molecular flexibility index (Phi) is 6.72. The number of para-hydroxylation sites is 1. The van der Waals surface area contributed by atoms with E-state index in [1.165, 1.54) is 0 Å². The molecule has 5 heteroatoms. The number of hydrogen-bond acceptors (Lipinski definition) is 3. The number of rotatable bonds is 9. The van der Waals surface area contributed by atoms with Gasteiger partial charge in [-0.1, -0.05) is 32.0 Å². The van der Waals surface area contributed by atoms with Crippen molar-refractivity contribution in [3.05, 3.63) is 30.3 Å². The highest BCUT2D eigenvalue weighted by Crippen LogP contribution is 2.30. The number of aliphatic carboxylic acids is 1. The summed E-state index contributed by atoms with van der Waals surface area (Å²) in [6, 6.07) is 9.32. The fourth-order valence-electron chi connectivity index (χ4n) is 2.12. The highest BCUT2D eigenvalue weighted by Gasteiger charge is 2.36. The molecule has 1 aromatic carbocycles. The number of carbonyl (C=O) groups excluding carboxylic acids is 1. The zero-order chi connectivity index (χ0) is 15.7. The molecule has 0 aromatic heterocycles. The van der Waals surface area contributed by atoms with Crippen molar-refractivity contribution in [2.24, 2.45) is 5.41 Å². The van der Waals surface area contributed by atoms with Crippen molar-refractivity contribution < 1.29 is 19.4 Å². The second-order valence-corrected chi connectivity index (χ2v) is 4.98. The van der Waals surface area contributed by atoms with E-state index < -0.39 is 11.4 Å². The molecule has 2 N–H and O–H groups in total. The van der Waals surface area contributed by atoms with Gasteiger partial charge in [-0.25, -0.2) is 0 Å². The van der Waals surface area contributed by atoms with E-state index >= 15 is 0 Å². The molecule has 0 saturated heterocycles. The fourth-order valence-corrected chi connectivity index (χ4v) is 2.12. The molecular formula is C16H23NO4. The Labute approximate surface area is 125 Å². The van der Waals surface area contributed by atoms with Gasteiger partial charge in [-0.05, 0) is 25.0 Å². The molecule has 1 aromatic rings. The molecule has 116 valence electrons. The maximum atomic E-state index is 11.9. The summed E-state index contributed by atoms with van der Waals surface area (Å²) in [6.07, 6.45) is 0.875. The minimum absolute atomic E-state index is 0.000665. The van der Waals surface area contributed by atoms with E-state index in [2.05, 4.69) is 5.32 Å². The third kappa shape index (κ3) is 5.10. The van der Waals surface area contributed by atoms with Crippen LogP contribution in [-0.4, -0.2) is 30.1 Å². The first-order chi connectivity index (χ1) is 10.0. The molecule has 0 atom stereocenters. The Morgan fingerprint density at radius 3 is 2.33 bits per heavy atom. The van der Waals surface area contributed by atoms with Gasteiger partial charge in [0.25, 0.3) is 0 Å². The number of hydrogen-bond donors (Lipinski definition) is 2. The number of amides is 1. The SMILES string of the molecule is CCC(CC)(CC(=O)NCCOc1ccccc1)C(=O)O. The van der Waals surface area contributed by atoms with Crippen molar-refractivity contribution in [3.63, 3.8) is 0 Å². The van der Waals surface area contributed by atoms with Crippen LogP contribution in [0, 0.1) is 5.41 Å². The molecule has 0 heterocycles. The smallest absolute Gasteiger partial charge is 0.310 e. The molecule has 1 amide bonds. The summed E-state index contributed by atoms with van der Waals surface area (Å²) in [7, 11) is 0. The van der Waals surface area contributed by atoms with Gasteiger partial charge in [-0.15, -0.1) is 0 Å². The largest absolute Gasteiger partial charge is 0.492 e. The number of carboxylic acids is 1. The molecule has 0 saturated carbocycles. The zero-order valence-electron chi connectivity index (χ0n) is 12.6. The second-order valence-electron chi connectivity index (χ2n) is 4.98. The minimum atomic E-state index is -0.968. The van der Waals surface area contributed by atoms with Gasteiger partial charge in [0.15, 0.2) is 0 Å². The van der Waals surface area contributed by atoms with Crippen LogP contribution >= 0.6 is 0 Å². The third-order valence-corrected chi connectivity index (χ3v) is 3.74. The molecule has 0 aliphatic carbocycles. The summed E-state index contributed by atoms with van der Waals surface area (Å²) in [4.78, 5) is 23.2. The highest BCUT2D eigenvalue weighted by atomic mass is 16.5. The summed E-state index contributed by atoms with van der Waals surface area (Å²) in [5, 5.41) is 12.0. The van der Waals surface area contributed by atoms with Crippen molar-refractivity contribution in [2.45, 2.75) is 33.1 Å². The molecule has 0 unspecified atom stereocenters. The van der Waals surface area contributed by atoms with E-state index in [4.69, 9.17) is 4.74 Å². The summed E-state index contributed by atoms with van der Waals surface area (Å²) < 4.78 is 5.46. The summed E-state index contributed by atoms with van der Waals surface area (Å²) >= 11 is 0. The Bertz CT molecular complexity index is 455. The van der Waals surface area contributed by atoms with Gasteiger partial charge in [0, 0.05) is 6.42 Å². The summed E-state index contributed by atoms with van der Waals surface area (Å²) in [5.41, 5.74) is -0.968. The maximum absolute atomic E-state index is 11.9. The fraction of sp³-hybridized carbons (Fsp3) is 0.500. The van der Waals surface area contributed by atoms with Gasteiger partial charge < -0.3 is 15.2 Å². The van der Waals surface area contributed by atoms with E-state index in [0.29, 0.717) is 26.0 Å². The number of ether oxygens (including phenoxy) is 1. The predicted octanol–water partition coefficient (Wildman–Crippen LogP) is 2.46. The quantitative estimate of drug-likeness (QED) is 0.686. The Morgan fingerprint density at radius 1 is 1.19 bits per heavy atom. The topological polar surface area (TPSA) is 75.6 Å². The lowest BCUT2D eigenvalue weighted by atomic mass is 9.79. The summed E-state index contributed by atoms with van der Waals surface area (Å²) in [5.74, 6) is -0.422. The van der Waals surface area contributed by atoms with E-state index in [1.54, 1.807) is 13.8 Å². The lowest BCUT2D eigenvalue weighted by Crippen LogP contribution is -2.38. The van der Waals surface area contributed by atoms with Crippen LogP contribution in [0.4, 0.5) is 0 Å². The van der Waals surface area contributed by atoms with Crippen molar-refractivity contribution in [3.8, 4) is 5.75 Å². The molecule has 5 nitrogen and oxygen atoms in total. The first-order valence-corrected chi connectivity index (χ1v) is 7.22. The van der Waals surface area contributed by atoms with Crippen LogP contribution in [0.5, 0.6) is 5.75 Å². The molecule has 0 spiro atoms. The molecule has 21 heavy (non-hydrogen) atoms. The lowest BCUT2D eigenvalue weighted by molar-refractivity contribution is -0.152. The van der Waals surface area contributed by atoms with Gasteiger partial charge in [0.1, 0.15) is 12.4 Å². The predicted molar refractivity (Wildman–Crippen MR) is 80.2 cm³/mol. The van der Waals surface area contributed by atoms with Gasteiger partial charge in [-0.2, -0.15) is 0 Å². The van der Waals surface area contributed by atoms with Crippen LogP contribution in [0.25, 0.3) is 0 Å². The molecule has 0 aliphatic rings. The number of nitrogens with one attached hydrogen (secondary N) is 1. The molecule has 1 rings (SSSR count). The Morgan fingerprint density at radius 2 is 1.81 bits per heavy atom. The normalized spacial score (nSPS) is 11.0. The number of benzene rings is 1. The second kappa shape index (κ2) is 8.29. The molecule has 0 radical (unpaired) electrons. The monoisotopic (exact) mass is 293 g/mol. The molecular weight excluding hydrogens is 270 g/mol. The van der Waals surface area contributed by atoms with Crippen molar-refractivity contribution in [1.29, 1.82) is 0 Å². The average molecular weight is 293 g/mol. The van der Waals surface area contributed by atoms with E-state index in [9.17, 15) is 14.7 Å². The number of carbonyl (C=O) groups is 2. The molecule has 0 bridgehead atoms. The minimum Gasteiger partial charge on any atom is -0.492 e. The lowest BCUT2D eigenvalue weighted by Gasteiger charge is -2.25. The molecule has 0 fully saturated rings. The van der Waals surface area contributed by atoms with E-state index in [0.717, 1.165) is 5.75 Å². The zero-order valence-corrected chi connectivity index (χ0v) is 12.6. The summed E-state index contributed by atoms with van der Waals surface area (Å²) in [6.45, 7) is 4.30. The third-order valence-electron chi connectivity index (χ3n) is 3.74. The van der Waals surface area contributed by atoms with Gasteiger partial charge in [0.2, 0.25) is 5.91 Å². The van der Waals surface area contributed by atoms with Gasteiger partial charge in [-0.3, -0.25) is 9.59 Å². The van der Waals surface area contributed by atoms with Crippen LogP contribution in [0.1, 0.15) is 33.1 Å². The molecule has 0 aliphatic heterocycles. The first-order valence-electron chi connectivity index (χ1n) is 7.22. The van der Waals surface area contributed by atoms with Crippen LogP contribution in [0.15, 0.2) is 30.3 Å². The van der Waals surface area contributed by atoms with Gasteiger partial charge >= 0.3 is 5.97 Å². The Balaban J connectivity index is 2.35. The van der Waals surface area contributed by atoms with Crippen LogP contribution in [0.2, 0.25) is 0 Å². The number of carboxylic acid groups (broad SMARTS) is 1. The van der Waals surface area contributed by atoms with Crippen molar-refractivity contribution in [2.75, 3.05) is 13.2 Å². The van der Waals surface area contributed by atoms with E-state index in [-0.39, 0.29) is 12.3 Å². The van der Waals surface area contributed by atoms with Crippen LogP contribution in [0.3, 0.4) is 0 Å². The Hall–Kier alpha value is -2.04.